The molecule has 1 aromatic carbocycles. The molecule has 1 heterocycles. The van der Waals surface area contributed by atoms with Gasteiger partial charge in [-0.05, 0) is 33.0 Å². The number of amides is 2. The van der Waals surface area contributed by atoms with E-state index >= 15 is 0 Å². The Bertz CT molecular complexity index is 430. The number of carbonyl (C=O) groups excluding carboxylic acids is 1. The predicted molar refractivity (Wildman–Crippen MR) is 73.7 cm³/mol. The molecule has 98 valence electrons. The third kappa shape index (κ3) is 2.34. The van der Waals surface area contributed by atoms with Crippen LogP contribution in [0, 0.1) is 0 Å². The maximum atomic E-state index is 12.4. The van der Waals surface area contributed by atoms with Gasteiger partial charge < -0.3 is 4.90 Å². The highest BCUT2D eigenvalue weighted by Crippen LogP contribution is 2.24. The second-order valence-corrected chi connectivity index (χ2v) is 5.53. The topological polar surface area (TPSA) is 26.8 Å². The van der Waals surface area contributed by atoms with Gasteiger partial charge in [-0.15, -0.1) is 0 Å². The van der Waals surface area contributed by atoms with E-state index in [0.29, 0.717) is 6.67 Å². The first kappa shape index (κ1) is 12.9. The van der Waals surface area contributed by atoms with E-state index in [1.165, 1.54) is 0 Å². The van der Waals surface area contributed by atoms with Crippen LogP contribution in [0.3, 0.4) is 0 Å². The molecule has 0 N–H and O–H groups in total. The van der Waals surface area contributed by atoms with Crippen molar-refractivity contribution >= 4 is 11.7 Å². The Labute approximate surface area is 109 Å². The summed E-state index contributed by atoms with van der Waals surface area (Å²) in [7, 11) is 3.87. The average molecular weight is 247 g/mol. The smallest absolute Gasteiger partial charge is 0.310 e. The molecular formula is C14H21N3O. The summed E-state index contributed by atoms with van der Waals surface area (Å²) in [6.07, 6.45) is 0. The Morgan fingerprint density at radius 1 is 1.28 bits per heavy atom. The lowest BCUT2D eigenvalue weighted by Crippen LogP contribution is -2.41. The first-order valence-electron chi connectivity index (χ1n) is 6.21. The van der Waals surface area contributed by atoms with Gasteiger partial charge in [0.1, 0.15) is 0 Å². The number of anilines is 1. The fraction of sp³-hybridized carbons (Fsp3) is 0.500. The quantitative estimate of drug-likeness (QED) is 0.761. The van der Waals surface area contributed by atoms with Crippen LogP contribution in [-0.2, 0) is 0 Å². The van der Waals surface area contributed by atoms with Crippen LogP contribution in [0.5, 0.6) is 0 Å². The van der Waals surface area contributed by atoms with Crippen LogP contribution in [0.2, 0.25) is 0 Å². The van der Waals surface area contributed by atoms with E-state index in [4.69, 9.17) is 0 Å². The van der Waals surface area contributed by atoms with Gasteiger partial charge in [0.25, 0.3) is 0 Å². The molecule has 18 heavy (non-hydrogen) atoms. The van der Waals surface area contributed by atoms with E-state index in [0.717, 1.165) is 12.2 Å². The lowest BCUT2D eigenvalue weighted by atomic mass is 10.1. The van der Waals surface area contributed by atoms with Crippen molar-refractivity contribution in [3.05, 3.63) is 30.3 Å². The highest BCUT2D eigenvalue weighted by molar-refractivity contribution is 5.91. The van der Waals surface area contributed by atoms with Gasteiger partial charge in [-0.2, -0.15) is 0 Å². The number of likely N-dealkylation sites (N-methyl/N-ethyl adjacent to an activating group) is 1. The van der Waals surface area contributed by atoms with E-state index in [1.54, 1.807) is 4.90 Å². The molecule has 0 unspecified atom stereocenters. The third-order valence-electron chi connectivity index (χ3n) is 3.69. The highest BCUT2D eigenvalue weighted by atomic mass is 16.2. The van der Waals surface area contributed by atoms with Crippen LogP contribution >= 0.6 is 0 Å². The molecule has 0 aromatic heterocycles. The second kappa shape index (κ2) is 4.61. The van der Waals surface area contributed by atoms with Crippen LogP contribution in [0.25, 0.3) is 0 Å². The normalized spacial score (nSPS) is 19.0. The second-order valence-electron chi connectivity index (χ2n) is 5.53. The summed E-state index contributed by atoms with van der Waals surface area (Å²) in [5.74, 6) is 0. The third-order valence-corrected chi connectivity index (χ3v) is 3.69. The molecule has 2 amide bonds. The summed E-state index contributed by atoms with van der Waals surface area (Å²) in [5, 5.41) is 0. The van der Waals surface area contributed by atoms with Crippen molar-refractivity contribution in [2.45, 2.75) is 19.4 Å². The fourth-order valence-electron chi connectivity index (χ4n) is 2.19. The number of para-hydroxylation sites is 1. The summed E-state index contributed by atoms with van der Waals surface area (Å²) in [5.41, 5.74) is 0.975. The van der Waals surface area contributed by atoms with Gasteiger partial charge in [0.05, 0.1) is 6.67 Å². The van der Waals surface area contributed by atoms with Gasteiger partial charge in [0.15, 0.2) is 0 Å². The molecule has 0 atom stereocenters. The minimum absolute atomic E-state index is 0.0488. The van der Waals surface area contributed by atoms with Crippen LogP contribution in [0.1, 0.15) is 13.8 Å². The SMILES string of the molecule is CN(C(=O)N1CN(C)C(C)(C)C1)c1ccccc1. The number of rotatable bonds is 1. The van der Waals surface area contributed by atoms with Crippen LogP contribution < -0.4 is 4.90 Å². The maximum Gasteiger partial charge on any atom is 0.325 e. The van der Waals surface area contributed by atoms with Crippen molar-refractivity contribution in [2.24, 2.45) is 0 Å². The number of carbonyl (C=O) groups is 1. The standard InChI is InChI=1S/C14H21N3O/c1-14(2)10-17(11-15(14)3)13(18)16(4)12-8-6-5-7-9-12/h5-9H,10-11H2,1-4H3. The molecule has 4 heteroatoms. The molecular weight excluding hydrogens is 226 g/mol. The summed E-state index contributed by atoms with van der Waals surface area (Å²) in [6, 6.07) is 9.79. The maximum absolute atomic E-state index is 12.4. The van der Waals surface area contributed by atoms with Gasteiger partial charge in [-0.3, -0.25) is 9.80 Å². The lowest BCUT2D eigenvalue weighted by Gasteiger charge is -2.25. The van der Waals surface area contributed by atoms with Crippen molar-refractivity contribution in [1.82, 2.24) is 9.80 Å². The predicted octanol–water partition coefficient (Wildman–Crippen LogP) is 2.23. The molecule has 0 aliphatic carbocycles. The van der Waals surface area contributed by atoms with Gasteiger partial charge >= 0.3 is 6.03 Å². The zero-order valence-electron chi connectivity index (χ0n) is 11.6. The Kier molecular flexibility index (Phi) is 3.30. The molecule has 1 aliphatic rings. The summed E-state index contributed by atoms with van der Waals surface area (Å²) < 4.78 is 0. The fourth-order valence-corrected chi connectivity index (χ4v) is 2.19. The van der Waals surface area contributed by atoms with Gasteiger partial charge in [-0.1, -0.05) is 18.2 Å². The van der Waals surface area contributed by atoms with Crippen LogP contribution in [-0.4, -0.2) is 48.7 Å². The Morgan fingerprint density at radius 2 is 1.89 bits per heavy atom. The van der Waals surface area contributed by atoms with Crippen molar-refractivity contribution < 1.29 is 4.79 Å². The first-order valence-corrected chi connectivity index (χ1v) is 6.21. The van der Waals surface area contributed by atoms with Crippen molar-refractivity contribution in [1.29, 1.82) is 0 Å². The molecule has 4 nitrogen and oxygen atoms in total. The number of benzene rings is 1. The molecule has 1 aromatic rings. The molecule has 0 radical (unpaired) electrons. The largest absolute Gasteiger partial charge is 0.325 e. The Hall–Kier alpha value is -1.55. The van der Waals surface area contributed by atoms with E-state index in [9.17, 15) is 4.79 Å². The van der Waals surface area contributed by atoms with Gasteiger partial charge in [0.2, 0.25) is 0 Å². The van der Waals surface area contributed by atoms with Gasteiger partial charge in [-0.25, -0.2) is 4.79 Å². The zero-order chi connectivity index (χ0) is 13.3. The molecule has 1 saturated heterocycles. The van der Waals surface area contributed by atoms with Crippen molar-refractivity contribution in [3.8, 4) is 0 Å². The summed E-state index contributed by atoms with van der Waals surface area (Å²) in [6.45, 7) is 5.76. The Morgan fingerprint density at radius 3 is 2.39 bits per heavy atom. The highest BCUT2D eigenvalue weighted by Gasteiger charge is 2.37. The summed E-state index contributed by atoms with van der Waals surface area (Å²) in [4.78, 5) is 18.2. The number of nitrogens with zero attached hydrogens (tertiary/aromatic N) is 3. The molecule has 1 aliphatic heterocycles. The lowest BCUT2D eigenvalue weighted by molar-refractivity contribution is 0.203. The monoisotopic (exact) mass is 247 g/mol. The number of hydrogen-bond acceptors (Lipinski definition) is 2. The summed E-state index contributed by atoms with van der Waals surface area (Å²) >= 11 is 0. The molecule has 0 bridgehead atoms. The van der Waals surface area contributed by atoms with Crippen LogP contribution in [0.4, 0.5) is 10.5 Å². The Balaban J connectivity index is 2.10. The minimum atomic E-state index is 0.0488. The van der Waals surface area contributed by atoms with E-state index in [2.05, 4.69) is 25.8 Å². The van der Waals surface area contributed by atoms with E-state index in [1.807, 2.05) is 42.3 Å². The molecule has 0 saturated carbocycles. The molecule has 2 rings (SSSR count). The average Bonchev–Trinajstić information content (AvgIpc) is 2.63. The number of urea groups is 1. The van der Waals surface area contributed by atoms with E-state index < -0.39 is 0 Å². The van der Waals surface area contributed by atoms with Gasteiger partial charge in [0, 0.05) is 24.8 Å². The first-order chi connectivity index (χ1) is 8.42. The minimum Gasteiger partial charge on any atom is -0.310 e. The van der Waals surface area contributed by atoms with Crippen molar-refractivity contribution in [3.63, 3.8) is 0 Å². The van der Waals surface area contributed by atoms with E-state index in [-0.39, 0.29) is 11.6 Å². The zero-order valence-corrected chi connectivity index (χ0v) is 11.6. The number of hydrogen-bond donors (Lipinski definition) is 0. The van der Waals surface area contributed by atoms with Crippen molar-refractivity contribution in [2.75, 3.05) is 32.2 Å². The molecule has 0 spiro atoms. The molecule has 1 fully saturated rings. The van der Waals surface area contributed by atoms with Crippen LogP contribution in [0.15, 0.2) is 30.3 Å².